The largest absolute Gasteiger partial charge is 0.343 e. The Bertz CT molecular complexity index is 1220. The van der Waals surface area contributed by atoms with Crippen molar-refractivity contribution in [1.82, 2.24) is 9.78 Å². The number of anilines is 1. The maximum atomic E-state index is 13.2. The number of carbonyl (C=O) groups is 1. The van der Waals surface area contributed by atoms with E-state index < -0.39 is 11.0 Å². The van der Waals surface area contributed by atoms with E-state index >= 15 is 0 Å². The van der Waals surface area contributed by atoms with Gasteiger partial charge in [-0.05, 0) is 29.5 Å². The van der Waals surface area contributed by atoms with Gasteiger partial charge in [0.25, 0.3) is 5.69 Å². The molecule has 156 valence electrons. The van der Waals surface area contributed by atoms with Crippen LogP contribution >= 0.6 is 0 Å². The molecule has 2 aromatic carbocycles. The number of nitrogens with one attached hydrogen (secondary N) is 1. The molecule has 7 heteroatoms. The minimum absolute atomic E-state index is 0.0219. The number of rotatable bonds is 3. The summed E-state index contributed by atoms with van der Waals surface area (Å²) in [5.41, 5.74) is 4.10. The summed E-state index contributed by atoms with van der Waals surface area (Å²) in [4.78, 5) is 23.9. The second-order valence-corrected chi connectivity index (χ2v) is 8.93. The van der Waals surface area contributed by atoms with Gasteiger partial charge in [0, 0.05) is 41.5 Å². The zero-order chi connectivity index (χ0) is 21.8. The first-order chi connectivity index (χ1) is 14.8. The third kappa shape index (κ3) is 3.32. The molecule has 0 spiro atoms. The molecular weight excluding hydrogens is 392 g/mol. The lowest BCUT2D eigenvalue weighted by molar-refractivity contribution is -0.384. The van der Waals surface area contributed by atoms with E-state index in [0.29, 0.717) is 12.0 Å². The highest BCUT2D eigenvalue weighted by Crippen LogP contribution is 2.46. The number of fused-ring (bicyclic) bond motifs is 1. The van der Waals surface area contributed by atoms with Crippen LogP contribution < -0.4 is 5.32 Å². The molecule has 1 atom stereocenters. The Morgan fingerprint density at radius 2 is 1.81 bits per heavy atom. The van der Waals surface area contributed by atoms with Crippen molar-refractivity contribution in [2.24, 2.45) is 5.41 Å². The predicted molar refractivity (Wildman–Crippen MR) is 118 cm³/mol. The highest BCUT2D eigenvalue weighted by molar-refractivity contribution is 6.00. The molecule has 7 nitrogen and oxygen atoms in total. The van der Waals surface area contributed by atoms with E-state index in [1.165, 1.54) is 12.1 Å². The number of allylic oxidation sites excluding steroid dienone is 2. The number of carbonyl (C=O) groups excluding carboxylic acids is 1. The van der Waals surface area contributed by atoms with Gasteiger partial charge in [0.15, 0.2) is 5.78 Å². The minimum Gasteiger partial charge on any atom is -0.343 e. The molecule has 0 bridgehead atoms. The van der Waals surface area contributed by atoms with Gasteiger partial charge in [-0.2, -0.15) is 5.10 Å². The number of nitro groups is 1. The van der Waals surface area contributed by atoms with E-state index in [-0.39, 0.29) is 16.9 Å². The van der Waals surface area contributed by atoms with Crippen molar-refractivity contribution >= 4 is 17.3 Å². The molecule has 3 aromatic rings. The Morgan fingerprint density at radius 3 is 2.48 bits per heavy atom. The highest BCUT2D eigenvalue weighted by atomic mass is 16.6. The Hall–Kier alpha value is -3.74. The molecule has 1 aliphatic heterocycles. The number of non-ortho nitro benzene ring substituents is 1. The summed E-state index contributed by atoms with van der Waals surface area (Å²) in [6.07, 6.45) is 1.21. The Morgan fingerprint density at radius 1 is 1.10 bits per heavy atom. The maximum absolute atomic E-state index is 13.2. The molecule has 1 N–H and O–H groups in total. The van der Waals surface area contributed by atoms with E-state index in [4.69, 9.17) is 5.10 Å². The number of nitro benzene ring substituents is 1. The van der Waals surface area contributed by atoms with E-state index in [1.54, 1.807) is 12.1 Å². The van der Waals surface area contributed by atoms with E-state index in [1.807, 2.05) is 41.1 Å². The minimum atomic E-state index is -0.423. The summed E-state index contributed by atoms with van der Waals surface area (Å²) in [5, 5.41) is 19.4. The number of nitrogens with zero attached hydrogens (tertiary/aromatic N) is 3. The fraction of sp³-hybridized carbons (Fsp3) is 0.250. The lowest BCUT2D eigenvalue weighted by Crippen LogP contribution is -2.36. The van der Waals surface area contributed by atoms with Gasteiger partial charge < -0.3 is 5.32 Å². The van der Waals surface area contributed by atoms with E-state index in [0.717, 1.165) is 34.8 Å². The third-order valence-corrected chi connectivity index (χ3v) is 5.94. The molecule has 1 aliphatic carbocycles. The van der Waals surface area contributed by atoms with Gasteiger partial charge in [-0.1, -0.05) is 44.2 Å². The first-order valence-electron chi connectivity index (χ1n) is 10.2. The predicted octanol–water partition coefficient (Wildman–Crippen LogP) is 5.12. The second kappa shape index (κ2) is 6.91. The molecule has 2 aliphatic rings. The molecular formula is C24H22N4O3. The molecule has 5 rings (SSSR count). The number of ketones is 1. The monoisotopic (exact) mass is 414 g/mol. The molecule has 0 unspecified atom stereocenters. The topological polar surface area (TPSA) is 90.1 Å². The van der Waals surface area contributed by atoms with Crippen LogP contribution in [0.1, 0.15) is 38.3 Å². The van der Waals surface area contributed by atoms with Crippen LogP contribution in [0.4, 0.5) is 11.5 Å². The molecule has 0 amide bonds. The zero-order valence-corrected chi connectivity index (χ0v) is 17.3. The number of benzene rings is 2. The average Bonchev–Trinajstić information content (AvgIpc) is 3.16. The van der Waals surface area contributed by atoms with Gasteiger partial charge in [-0.3, -0.25) is 14.9 Å². The molecule has 1 aromatic heterocycles. The van der Waals surface area contributed by atoms with Gasteiger partial charge in [0.05, 0.1) is 10.6 Å². The smallest absolute Gasteiger partial charge is 0.269 e. The second-order valence-electron chi connectivity index (χ2n) is 8.93. The lowest BCUT2D eigenvalue weighted by atomic mass is 9.73. The Balaban J connectivity index is 1.67. The van der Waals surface area contributed by atoms with Crippen molar-refractivity contribution in [2.75, 3.05) is 5.32 Å². The van der Waals surface area contributed by atoms with Crippen LogP contribution in [-0.4, -0.2) is 20.5 Å². The van der Waals surface area contributed by atoms with Crippen LogP contribution in [0.5, 0.6) is 0 Å². The lowest BCUT2D eigenvalue weighted by Gasteiger charge is -2.38. The van der Waals surface area contributed by atoms with Crippen molar-refractivity contribution in [3.05, 3.63) is 87.6 Å². The summed E-state index contributed by atoms with van der Waals surface area (Å²) in [6, 6.07) is 17.8. The van der Waals surface area contributed by atoms with Crippen LogP contribution in [0.2, 0.25) is 0 Å². The quantitative estimate of drug-likeness (QED) is 0.475. The molecule has 2 heterocycles. The van der Waals surface area contributed by atoms with Gasteiger partial charge >= 0.3 is 0 Å². The molecule has 0 fully saturated rings. The first kappa shape index (κ1) is 19.2. The van der Waals surface area contributed by atoms with Crippen molar-refractivity contribution in [2.45, 2.75) is 32.7 Å². The molecule has 31 heavy (non-hydrogen) atoms. The van der Waals surface area contributed by atoms with Gasteiger partial charge in [0.2, 0.25) is 0 Å². The molecule has 0 saturated heterocycles. The third-order valence-electron chi connectivity index (χ3n) is 5.94. The van der Waals surface area contributed by atoms with Crippen LogP contribution in [-0.2, 0) is 4.79 Å². The highest BCUT2D eigenvalue weighted by Gasteiger charge is 2.41. The van der Waals surface area contributed by atoms with E-state index in [2.05, 4.69) is 19.2 Å². The van der Waals surface area contributed by atoms with Crippen LogP contribution in [0, 0.1) is 15.5 Å². The summed E-state index contributed by atoms with van der Waals surface area (Å²) in [6.45, 7) is 4.19. The number of aromatic nitrogens is 2. The first-order valence-corrected chi connectivity index (χ1v) is 10.2. The normalized spacial score (nSPS) is 19.4. The van der Waals surface area contributed by atoms with Crippen LogP contribution in [0.3, 0.4) is 0 Å². The van der Waals surface area contributed by atoms with Crippen LogP contribution in [0.25, 0.3) is 11.3 Å². The van der Waals surface area contributed by atoms with Crippen molar-refractivity contribution in [3.8, 4) is 11.3 Å². The Labute approximate surface area is 179 Å². The van der Waals surface area contributed by atoms with Crippen LogP contribution in [0.15, 0.2) is 71.9 Å². The summed E-state index contributed by atoms with van der Waals surface area (Å²) in [7, 11) is 0. The van der Waals surface area contributed by atoms with Crippen molar-refractivity contribution in [1.29, 1.82) is 0 Å². The fourth-order valence-corrected chi connectivity index (χ4v) is 4.56. The van der Waals surface area contributed by atoms with Gasteiger partial charge in [0.1, 0.15) is 11.9 Å². The zero-order valence-electron chi connectivity index (χ0n) is 17.3. The fourth-order valence-electron chi connectivity index (χ4n) is 4.56. The van der Waals surface area contributed by atoms with Gasteiger partial charge in [-0.15, -0.1) is 0 Å². The number of Topliss-reactive ketones (excluding diaryl/α,β-unsaturated/α-hetero) is 1. The number of hydrogen-bond acceptors (Lipinski definition) is 5. The Kier molecular flexibility index (Phi) is 4.28. The SMILES string of the molecule is CC1(C)CC(=O)C2=C(C1)Nc1cc(-c3ccccc3)nn1[C@@H]2c1ccc([N+](=O)[O-])cc1. The van der Waals surface area contributed by atoms with Crippen molar-refractivity contribution < 1.29 is 9.72 Å². The van der Waals surface area contributed by atoms with Gasteiger partial charge in [-0.25, -0.2) is 4.68 Å². The number of hydrogen-bond donors (Lipinski definition) is 1. The average molecular weight is 414 g/mol. The summed E-state index contributed by atoms with van der Waals surface area (Å²) >= 11 is 0. The van der Waals surface area contributed by atoms with E-state index in [9.17, 15) is 14.9 Å². The van der Waals surface area contributed by atoms with Crippen molar-refractivity contribution in [3.63, 3.8) is 0 Å². The molecule has 0 saturated carbocycles. The maximum Gasteiger partial charge on any atom is 0.269 e. The molecule has 0 radical (unpaired) electrons. The summed E-state index contributed by atoms with van der Waals surface area (Å²) < 4.78 is 1.83. The summed E-state index contributed by atoms with van der Waals surface area (Å²) in [5.74, 6) is 0.899. The standard InChI is InChI=1S/C24H22N4O3/c1-24(2)13-19-22(20(29)14-24)23(16-8-10-17(11-9-16)28(30)31)27-21(25-19)12-18(26-27)15-6-4-3-5-7-15/h3-12,23,25H,13-14H2,1-2H3/t23-/m1/s1.